The molecule has 2 saturated heterocycles. The lowest BCUT2D eigenvalue weighted by Crippen LogP contribution is -2.48. The molecular weight excluding hydrogens is 366 g/mol. The number of rotatable bonds is 4. The van der Waals surface area contributed by atoms with Crippen LogP contribution in [0.2, 0.25) is 0 Å². The summed E-state index contributed by atoms with van der Waals surface area (Å²) in [5.41, 5.74) is 0.975. The van der Waals surface area contributed by atoms with Gasteiger partial charge < -0.3 is 14.5 Å². The number of benzene rings is 1. The molecule has 0 unspecified atom stereocenters. The minimum absolute atomic E-state index is 0.346. The monoisotopic (exact) mass is 389 g/mol. The zero-order chi connectivity index (χ0) is 18.7. The maximum atomic E-state index is 12.8. The Kier molecular flexibility index (Phi) is 5.24. The van der Waals surface area contributed by atoms with Crippen LogP contribution in [0.5, 0.6) is 0 Å². The summed E-state index contributed by atoms with van der Waals surface area (Å²) in [6.07, 6.45) is 1.74. The molecule has 4 rings (SSSR count). The molecule has 0 N–H and O–H groups in total. The SMILES string of the molecule is O=S(=O)(c1ccccc1)N1CCN(c2cnnc(N3CCOCC3)c2)CC1. The van der Waals surface area contributed by atoms with E-state index >= 15 is 0 Å². The van der Waals surface area contributed by atoms with Gasteiger partial charge in [0.2, 0.25) is 10.0 Å². The quantitative estimate of drug-likeness (QED) is 0.766. The highest BCUT2D eigenvalue weighted by atomic mass is 32.2. The Morgan fingerprint density at radius 1 is 0.889 bits per heavy atom. The van der Waals surface area contributed by atoms with Crippen molar-refractivity contribution < 1.29 is 13.2 Å². The summed E-state index contributed by atoms with van der Waals surface area (Å²) in [6, 6.07) is 10.6. The highest BCUT2D eigenvalue weighted by Crippen LogP contribution is 2.23. The number of aromatic nitrogens is 2. The van der Waals surface area contributed by atoms with E-state index < -0.39 is 10.0 Å². The topological polar surface area (TPSA) is 78.9 Å². The average molecular weight is 389 g/mol. The number of morpholine rings is 1. The maximum Gasteiger partial charge on any atom is 0.243 e. The first-order valence-electron chi connectivity index (χ1n) is 9.10. The summed E-state index contributed by atoms with van der Waals surface area (Å²) < 4.78 is 32.5. The van der Waals surface area contributed by atoms with Crippen molar-refractivity contribution in [3.8, 4) is 0 Å². The molecular formula is C18H23N5O3S. The molecule has 2 aliphatic rings. The molecule has 2 aromatic rings. The fourth-order valence-corrected chi connectivity index (χ4v) is 4.84. The fraction of sp³-hybridized carbons (Fsp3) is 0.444. The molecule has 1 aromatic heterocycles. The number of piperazine rings is 1. The van der Waals surface area contributed by atoms with Gasteiger partial charge in [0.15, 0.2) is 5.82 Å². The van der Waals surface area contributed by atoms with Crippen molar-refractivity contribution in [2.45, 2.75) is 4.90 Å². The number of hydrogen-bond donors (Lipinski definition) is 0. The number of nitrogens with zero attached hydrogens (tertiary/aromatic N) is 5. The second kappa shape index (κ2) is 7.79. The van der Waals surface area contributed by atoms with Crippen molar-refractivity contribution >= 4 is 21.5 Å². The second-order valence-corrected chi connectivity index (χ2v) is 8.51. The van der Waals surface area contributed by atoms with Crippen LogP contribution < -0.4 is 9.80 Å². The van der Waals surface area contributed by atoms with Crippen LogP contribution >= 0.6 is 0 Å². The lowest BCUT2D eigenvalue weighted by atomic mass is 10.3. The van der Waals surface area contributed by atoms with Crippen LogP contribution in [0.25, 0.3) is 0 Å². The van der Waals surface area contributed by atoms with E-state index in [1.807, 2.05) is 12.1 Å². The Bertz CT molecular complexity index is 864. The molecule has 144 valence electrons. The third-order valence-electron chi connectivity index (χ3n) is 4.95. The summed E-state index contributed by atoms with van der Waals surface area (Å²) in [4.78, 5) is 4.67. The van der Waals surface area contributed by atoms with Gasteiger partial charge in [-0.05, 0) is 12.1 Å². The summed E-state index contributed by atoms with van der Waals surface area (Å²) in [6.45, 7) is 5.16. The number of anilines is 2. The molecule has 1 aromatic carbocycles. The lowest BCUT2D eigenvalue weighted by Gasteiger charge is -2.35. The molecule has 3 heterocycles. The van der Waals surface area contributed by atoms with Crippen molar-refractivity contribution in [3.05, 3.63) is 42.6 Å². The van der Waals surface area contributed by atoms with Crippen LogP contribution in [-0.2, 0) is 14.8 Å². The van der Waals surface area contributed by atoms with Crippen LogP contribution in [0.3, 0.4) is 0 Å². The highest BCUT2D eigenvalue weighted by Gasteiger charge is 2.28. The number of sulfonamides is 1. The Labute approximate surface area is 159 Å². The van der Waals surface area contributed by atoms with Crippen LogP contribution in [-0.4, -0.2) is 75.4 Å². The first kappa shape index (κ1) is 18.1. The molecule has 9 heteroatoms. The minimum Gasteiger partial charge on any atom is -0.378 e. The van der Waals surface area contributed by atoms with Crippen LogP contribution in [0.15, 0.2) is 47.5 Å². The largest absolute Gasteiger partial charge is 0.378 e. The Hall–Kier alpha value is -2.23. The van der Waals surface area contributed by atoms with Crippen LogP contribution in [0, 0.1) is 0 Å². The molecule has 0 atom stereocenters. The molecule has 2 aliphatic heterocycles. The van der Waals surface area contributed by atoms with Gasteiger partial charge >= 0.3 is 0 Å². The summed E-state index contributed by atoms with van der Waals surface area (Å²) in [7, 11) is -3.44. The standard InChI is InChI=1S/C18H23N5O3S/c24-27(25,17-4-2-1-3-5-17)23-8-6-21(7-9-23)16-14-18(20-19-15-16)22-10-12-26-13-11-22/h1-5,14-15H,6-13H2. The van der Waals surface area contributed by atoms with Crippen molar-refractivity contribution in [2.75, 3.05) is 62.3 Å². The van der Waals surface area contributed by atoms with Gasteiger partial charge in [0.25, 0.3) is 0 Å². The van der Waals surface area contributed by atoms with E-state index in [1.165, 1.54) is 0 Å². The van der Waals surface area contributed by atoms with E-state index in [1.54, 1.807) is 34.8 Å². The fourth-order valence-electron chi connectivity index (χ4n) is 3.39. The average Bonchev–Trinajstić information content (AvgIpc) is 2.75. The molecule has 0 spiro atoms. The van der Waals surface area contributed by atoms with Crippen LogP contribution in [0.1, 0.15) is 0 Å². The van der Waals surface area contributed by atoms with Crippen molar-refractivity contribution in [1.82, 2.24) is 14.5 Å². The lowest BCUT2D eigenvalue weighted by molar-refractivity contribution is 0.122. The normalized spacial score (nSPS) is 19.3. The van der Waals surface area contributed by atoms with Gasteiger partial charge in [0, 0.05) is 45.3 Å². The molecule has 27 heavy (non-hydrogen) atoms. The van der Waals surface area contributed by atoms with E-state index in [0.29, 0.717) is 44.3 Å². The molecule has 0 saturated carbocycles. The minimum atomic E-state index is -3.44. The van der Waals surface area contributed by atoms with E-state index in [-0.39, 0.29) is 0 Å². The Balaban J connectivity index is 1.44. The molecule has 8 nitrogen and oxygen atoms in total. The Morgan fingerprint density at radius 2 is 1.59 bits per heavy atom. The number of ether oxygens (including phenoxy) is 1. The Morgan fingerprint density at radius 3 is 2.30 bits per heavy atom. The van der Waals surface area contributed by atoms with Gasteiger partial charge in [0.05, 0.1) is 30.0 Å². The summed E-state index contributed by atoms with van der Waals surface area (Å²) >= 11 is 0. The van der Waals surface area contributed by atoms with Gasteiger partial charge in [-0.15, -0.1) is 5.10 Å². The molecule has 0 bridgehead atoms. The van der Waals surface area contributed by atoms with Gasteiger partial charge in [-0.3, -0.25) is 0 Å². The van der Waals surface area contributed by atoms with E-state index in [4.69, 9.17) is 4.74 Å². The van der Waals surface area contributed by atoms with Gasteiger partial charge in [-0.25, -0.2) is 8.42 Å². The van der Waals surface area contributed by atoms with E-state index in [9.17, 15) is 8.42 Å². The van der Waals surface area contributed by atoms with Crippen molar-refractivity contribution in [1.29, 1.82) is 0 Å². The highest BCUT2D eigenvalue weighted by molar-refractivity contribution is 7.89. The molecule has 2 fully saturated rings. The number of hydrogen-bond acceptors (Lipinski definition) is 7. The zero-order valence-electron chi connectivity index (χ0n) is 15.1. The van der Waals surface area contributed by atoms with Gasteiger partial charge in [-0.1, -0.05) is 18.2 Å². The third kappa shape index (κ3) is 3.90. The first-order chi connectivity index (χ1) is 13.1. The first-order valence-corrected chi connectivity index (χ1v) is 10.5. The zero-order valence-corrected chi connectivity index (χ0v) is 15.9. The van der Waals surface area contributed by atoms with Crippen molar-refractivity contribution in [3.63, 3.8) is 0 Å². The summed E-state index contributed by atoms with van der Waals surface area (Å²) in [5.74, 6) is 0.843. The molecule has 0 radical (unpaired) electrons. The van der Waals surface area contributed by atoms with Gasteiger partial charge in [-0.2, -0.15) is 9.40 Å². The van der Waals surface area contributed by atoms with E-state index in [2.05, 4.69) is 20.0 Å². The predicted octanol–water partition coefficient (Wildman–Crippen LogP) is 0.824. The second-order valence-electron chi connectivity index (χ2n) is 6.58. The van der Waals surface area contributed by atoms with Gasteiger partial charge in [0.1, 0.15) is 0 Å². The summed E-state index contributed by atoms with van der Waals surface area (Å²) in [5, 5.41) is 8.38. The van der Waals surface area contributed by atoms with Crippen LogP contribution in [0.4, 0.5) is 11.5 Å². The third-order valence-corrected chi connectivity index (χ3v) is 6.86. The van der Waals surface area contributed by atoms with E-state index in [0.717, 1.165) is 24.6 Å². The van der Waals surface area contributed by atoms with Crippen molar-refractivity contribution in [2.24, 2.45) is 0 Å². The maximum absolute atomic E-state index is 12.8. The molecule has 0 amide bonds. The smallest absolute Gasteiger partial charge is 0.243 e. The molecule has 0 aliphatic carbocycles. The predicted molar refractivity (Wildman–Crippen MR) is 102 cm³/mol.